The minimum Gasteiger partial charge on any atom is -0.472 e. The molecular formula is C14H12O2. The molecule has 0 aliphatic rings. The molecule has 0 fully saturated rings. The third-order valence-electron chi connectivity index (χ3n) is 1.89. The van der Waals surface area contributed by atoms with Gasteiger partial charge in [-0.1, -0.05) is 54.5 Å². The van der Waals surface area contributed by atoms with Gasteiger partial charge in [0.15, 0.2) is 0 Å². The van der Waals surface area contributed by atoms with Crippen LogP contribution in [-0.4, -0.2) is 11.1 Å². The molecule has 2 rings (SSSR count). The van der Waals surface area contributed by atoms with Gasteiger partial charge in [0, 0.05) is 5.92 Å². The lowest BCUT2D eigenvalue weighted by atomic mass is 10.1. The van der Waals surface area contributed by atoms with Crippen molar-refractivity contribution in [2.45, 2.75) is 6.92 Å². The molecule has 0 atom stereocenters. The van der Waals surface area contributed by atoms with E-state index in [1.807, 2.05) is 5.92 Å². The summed E-state index contributed by atoms with van der Waals surface area (Å²) in [4.78, 5) is 9.43. The molecule has 0 aliphatic heterocycles. The molecule has 0 saturated heterocycles. The van der Waals surface area contributed by atoms with Gasteiger partial charge in [0.25, 0.3) is 0 Å². The van der Waals surface area contributed by atoms with E-state index >= 15 is 0 Å². The first kappa shape index (κ1) is 11.8. The van der Waals surface area contributed by atoms with Crippen LogP contribution in [0.3, 0.4) is 0 Å². The molecule has 2 aromatic rings. The van der Waals surface area contributed by atoms with Crippen LogP contribution in [0, 0.1) is 11.8 Å². The summed E-state index contributed by atoms with van der Waals surface area (Å²) in [6.07, 6.45) is 0. The van der Waals surface area contributed by atoms with Gasteiger partial charge in [-0.05, 0) is 17.7 Å². The largest absolute Gasteiger partial charge is 0.472 e. The molecule has 0 radical (unpaired) electrons. The topological polar surface area (TPSA) is 37.3 Å². The fraction of sp³-hybridized carbons (Fsp3) is 0.0714. The normalized spacial score (nSPS) is 8.31. The molecular weight excluding hydrogens is 200 g/mol. The Morgan fingerprint density at radius 3 is 1.56 bits per heavy atom. The summed E-state index contributed by atoms with van der Waals surface area (Å²) >= 11 is 0. The average molecular weight is 212 g/mol. The van der Waals surface area contributed by atoms with E-state index in [0.717, 1.165) is 0 Å². The van der Waals surface area contributed by atoms with Gasteiger partial charge in [-0.2, -0.15) is 0 Å². The van der Waals surface area contributed by atoms with Crippen molar-refractivity contribution in [1.82, 2.24) is 0 Å². The minimum absolute atomic E-state index is 1.07. The molecule has 2 heteroatoms. The van der Waals surface area contributed by atoms with E-state index < -0.39 is 5.97 Å². The van der Waals surface area contributed by atoms with Crippen molar-refractivity contribution in [2.75, 3.05) is 0 Å². The number of hydrogen-bond acceptors (Lipinski definition) is 1. The van der Waals surface area contributed by atoms with E-state index in [2.05, 4.69) is 54.5 Å². The first-order valence-corrected chi connectivity index (χ1v) is 4.83. The van der Waals surface area contributed by atoms with E-state index in [4.69, 9.17) is 5.11 Å². The van der Waals surface area contributed by atoms with Crippen LogP contribution in [0.4, 0.5) is 0 Å². The van der Waals surface area contributed by atoms with Crippen LogP contribution in [0.2, 0.25) is 0 Å². The summed E-state index contributed by atoms with van der Waals surface area (Å²) < 4.78 is 0. The van der Waals surface area contributed by atoms with Crippen LogP contribution in [-0.2, 0) is 4.79 Å². The highest BCUT2D eigenvalue weighted by Crippen LogP contribution is 2.11. The number of fused-ring (bicyclic) bond motifs is 1. The summed E-state index contributed by atoms with van der Waals surface area (Å²) in [7, 11) is 0. The van der Waals surface area contributed by atoms with Gasteiger partial charge in [-0.15, -0.1) is 0 Å². The molecule has 0 amide bonds. The van der Waals surface area contributed by atoms with Crippen molar-refractivity contribution < 1.29 is 9.90 Å². The van der Waals surface area contributed by atoms with Crippen molar-refractivity contribution in [1.29, 1.82) is 0 Å². The maximum absolute atomic E-state index is 9.43. The van der Waals surface area contributed by atoms with Gasteiger partial charge in [0.1, 0.15) is 0 Å². The molecule has 2 aromatic carbocycles. The highest BCUT2D eigenvalue weighted by atomic mass is 16.4. The Morgan fingerprint density at radius 1 is 1.00 bits per heavy atom. The number of benzene rings is 2. The maximum atomic E-state index is 9.43. The van der Waals surface area contributed by atoms with E-state index in [1.165, 1.54) is 17.7 Å². The molecule has 1 N–H and O–H groups in total. The molecule has 16 heavy (non-hydrogen) atoms. The molecule has 0 spiro atoms. The van der Waals surface area contributed by atoms with Crippen LogP contribution in [0.25, 0.3) is 10.8 Å². The zero-order valence-corrected chi connectivity index (χ0v) is 8.97. The van der Waals surface area contributed by atoms with Crippen LogP contribution >= 0.6 is 0 Å². The van der Waals surface area contributed by atoms with Crippen molar-refractivity contribution in [3.05, 3.63) is 48.5 Å². The first-order chi connectivity index (χ1) is 7.74. The Bertz CT molecular complexity index is 467. The summed E-state index contributed by atoms with van der Waals surface area (Å²) in [5, 5.41) is 10.4. The summed E-state index contributed by atoms with van der Waals surface area (Å²) in [5.41, 5.74) is 0. The van der Waals surface area contributed by atoms with Gasteiger partial charge < -0.3 is 5.11 Å². The fourth-order valence-electron chi connectivity index (χ4n) is 1.24. The SMILES string of the molecule is CC#CC(=O)O.c1ccc2ccccc2c1. The number of aliphatic carboxylic acids is 1. The highest BCUT2D eigenvalue weighted by molar-refractivity contribution is 5.86. The molecule has 0 aromatic heterocycles. The molecule has 0 heterocycles. The highest BCUT2D eigenvalue weighted by Gasteiger charge is 1.85. The number of carboxylic acid groups (broad SMARTS) is 1. The van der Waals surface area contributed by atoms with Crippen LogP contribution < -0.4 is 0 Å². The first-order valence-electron chi connectivity index (χ1n) is 4.83. The van der Waals surface area contributed by atoms with Crippen LogP contribution in [0.5, 0.6) is 0 Å². The van der Waals surface area contributed by atoms with Crippen molar-refractivity contribution in [3.63, 3.8) is 0 Å². The lowest BCUT2D eigenvalue weighted by Crippen LogP contribution is -1.84. The Morgan fingerprint density at radius 2 is 1.38 bits per heavy atom. The lowest BCUT2D eigenvalue weighted by molar-refractivity contribution is -0.130. The monoisotopic (exact) mass is 212 g/mol. The molecule has 0 bridgehead atoms. The van der Waals surface area contributed by atoms with Gasteiger partial charge >= 0.3 is 5.97 Å². The van der Waals surface area contributed by atoms with Gasteiger partial charge in [0.2, 0.25) is 0 Å². The average Bonchev–Trinajstić information content (AvgIpc) is 2.30. The van der Waals surface area contributed by atoms with E-state index in [1.54, 1.807) is 0 Å². The minimum atomic E-state index is -1.07. The molecule has 0 unspecified atom stereocenters. The smallest absolute Gasteiger partial charge is 0.381 e. The Hall–Kier alpha value is -2.27. The maximum Gasteiger partial charge on any atom is 0.381 e. The van der Waals surface area contributed by atoms with Gasteiger partial charge in [-0.3, -0.25) is 0 Å². The number of carbonyl (C=O) groups is 1. The van der Waals surface area contributed by atoms with Gasteiger partial charge in [0.05, 0.1) is 0 Å². The third kappa shape index (κ3) is 3.85. The molecule has 0 saturated carbocycles. The Labute approximate surface area is 94.5 Å². The second kappa shape index (κ2) is 6.26. The second-order valence-corrected chi connectivity index (χ2v) is 3.03. The van der Waals surface area contributed by atoms with Crippen LogP contribution in [0.1, 0.15) is 6.92 Å². The lowest BCUT2D eigenvalue weighted by Gasteiger charge is -1.92. The number of hydrogen-bond donors (Lipinski definition) is 1. The summed E-state index contributed by atoms with van der Waals surface area (Å²) in [6, 6.07) is 16.7. The standard InChI is InChI=1S/C10H8.C4H4O2/c1-2-6-10-8-4-3-7-9(10)5-1;1-2-3-4(5)6/h1-8H;1H3,(H,5,6). The van der Waals surface area contributed by atoms with Crippen LogP contribution in [0.15, 0.2) is 48.5 Å². The number of rotatable bonds is 0. The van der Waals surface area contributed by atoms with Gasteiger partial charge in [-0.25, -0.2) is 4.79 Å². The quantitative estimate of drug-likeness (QED) is 0.682. The van der Waals surface area contributed by atoms with E-state index in [0.29, 0.717) is 0 Å². The zero-order chi connectivity index (χ0) is 11.8. The zero-order valence-electron chi connectivity index (χ0n) is 8.97. The second-order valence-electron chi connectivity index (χ2n) is 3.03. The molecule has 0 aliphatic carbocycles. The van der Waals surface area contributed by atoms with Crippen molar-refractivity contribution in [3.8, 4) is 11.8 Å². The Kier molecular flexibility index (Phi) is 4.62. The summed E-state index contributed by atoms with van der Waals surface area (Å²) in [6.45, 7) is 1.48. The molecule has 2 nitrogen and oxygen atoms in total. The van der Waals surface area contributed by atoms with E-state index in [9.17, 15) is 4.79 Å². The fourth-order valence-corrected chi connectivity index (χ4v) is 1.24. The third-order valence-corrected chi connectivity index (χ3v) is 1.89. The Balaban J connectivity index is 0.000000187. The predicted octanol–water partition coefficient (Wildman–Crippen LogP) is 2.93. The molecule has 80 valence electrons. The van der Waals surface area contributed by atoms with Crippen molar-refractivity contribution in [2.24, 2.45) is 0 Å². The summed E-state index contributed by atoms with van der Waals surface area (Å²) in [5.74, 6) is 3.02. The van der Waals surface area contributed by atoms with E-state index in [-0.39, 0.29) is 0 Å². The van der Waals surface area contributed by atoms with Crippen molar-refractivity contribution >= 4 is 16.7 Å². The predicted molar refractivity (Wildman–Crippen MR) is 65.0 cm³/mol. The number of carboxylic acids is 1.